The van der Waals surface area contributed by atoms with Crippen LogP contribution in [-0.2, 0) is 4.79 Å². The van der Waals surface area contributed by atoms with E-state index in [1.54, 1.807) is 25.4 Å². The molecule has 2 heterocycles. The molecule has 4 aromatic rings. The second-order valence-electron chi connectivity index (χ2n) is 6.21. The van der Waals surface area contributed by atoms with Crippen LogP contribution in [0.25, 0.3) is 21.7 Å². The number of amides is 2. The minimum Gasteiger partial charge on any atom is -0.339 e. The second kappa shape index (κ2) is 6.87. The number of hydrogen-bond donors (Lipinski definition) is 3. The predicted octanol–water partition coefficient (Wildman–Crippen LogP) is 2.87. The predicted molar refractivity (Wildman–Crippen MR) is 103 cm³/mol. The third kappa shape index (κ3) is 3.22. The van der Waals surface area contributed by atoms with Crippen molar-refractivity contribution in [1.29, 1.82) is 0 Å². The number of carbonyl (C=O) groups is 2. The highest BCUT2D eigenvalue weighted by Crippen LogP contribution is 2.21. The van der Waals surface area contributed by atoms with E-state index in [0.717, 1.165) is 16.3 Å². The van der Waals surface area contributed by atoms with Crippen LogP contribution in [-0.4, -0.2) is 33.0 Å². The highest BCUT2D eigenvalue weighted by Gasteiger charge is 2.20. The van der Waals surface area contributed by atoms with E-state index in [1.165, 1.54) is 0 Å². The van der Waals surface area contributed by atoms with Gasteiger partial charge in [0.25, 0.3) is 5.91 Å². The summed E-state index contributed by atoms with van der Waals surface area (Å²) in [5.41, 5.74) is 1.63. The maximum atomic E-state index is 12.5. The Balaban J connectivity index is 1.50. The molecule has 0 aliphatic heterocycles. The van der Waals surface area contributed by atoms with Crippen molar-refractivity contribution in [2.24, 2.45) is 0 Å². The number of anilines is 1. The third-order valence-electron chi connectivity index (χ3n) is 4.35. The number of H-pyrrole nitrogens is 1. The molecule has 0 spiro atoms. The Morgan fingerprint density at radius 1 is 1.00 bits per heavy atom. The lowest BCUT2D eigenvalue weighted by Gasteiger charge is -2.14. The topological polar surface area (TPSA) is 99.8 Å². The average molecular weight is 359 g/mol. The molecule has 1 atom stereocenters. The zero-order chi connectivity index (χ0) is 18.8. The van der Waals surface area contributed by atoms with Crippen LogP contribution in [0.5, 0.6) is 0 Å². The number of nitrogens with one attached hydrogen (secondary N) is 3. The number of pyridine rings is 1. The number of aromatic nitrogens is 3. The first-order chi connectivity index (χ1) is 13.1. The number of rotatable bonds is 4. The van der Waals surface area contributed by atoms with E-state index >= 15 is 0 Å². The standard InChI is InChI=1S/C20H17N5O2/c1-12(22-20(27)18-15-8-4-5-9-16(15)24-25-18)19(26)23-17-11-21-10-13-6-2-3-7-14(13)17/h2-12H,1H3,(H,22,27)(H,23,26)(H,24,25). The van der Waals surface area contributed by atoms with Crippen molar-refractivity contribution in [2.75, 3.05) is 5.32 Å². The van der Waals surface area contributed by atoms with Gasteiger partial charge in [0.05, 0.1) is 17.4 Å². The molecule has 0 fully saturated rings. The lowest BCUT2D eigenvalue weighted by Crippen LogP contribution is -2.41. The van der Waals surface area contributed by atoms with E-state index in [2.05, 4.69) is 25.8 Å². The maximum Gasteiger partial charge on any atom is 0.273 e. The van der Waals surface area contributed by atoms with Crippen molar-refractivity contribution in [3.63, 3.8) is 0 Å². The largest absolute Gasteiger partial charge is 0.339 e. The smallest absolute Gasteiger partial charge is 0.273 e. The fraction of sp³-hybridized carbons (Fsp3) is 0.100. The van der Waals surface area contributed by atoms with Crippen molar-refractivity contribution in [2.45, 2.75) is 13.0 Å². The van der Waals surface area contributed by atoms with Gasteiger partial charge in [-0.3, -0.25) is 19.7 Å². The van der Waals surface area contributed by atoms with Gasteiger partial charge in [0.1, 0.15) is 6.04 Å². The molecule has 27 heavy (non-hydrogen) atoms. The Morgan fingerprint density at radius 3 is 2.59 bits per heavy atom. The van der Waals surface area contributed by atoms with E-state index in [1.807, 2.05) is 42.5 Å². The third-order valence-corrected chi connectivity index (χ3v) is 4.35. The van der Waals surface area contributed by atoms with Gasteiger partial charge in [0, 0.05) is 22.4 Å². The van der Waals surface area contributed by atoms with Gasteiger partial charge in [-0.1, -0.05) is 42.5 Å². The molecule has 2 aromatic carbocycles. The van der Waals surface area contributed by atoms with Gasteiger partial charge in [-0.15, -0.1) is 0 Å². The van der Waals surface area contributed by atoms with Crippen LogP contribution in [0.1, 0.15) is 17.4 Å². The van der Waals surface area contributed by atoms with Crippen molar-refractivity contribution in [3.05, 3.63) is 66.6 Å². The molecule has 0 bridgehead atoms. The van der Waals surface area contributed by atoms with Crippen LogP contribution >= 0.6 is 0 Å². The molecule has 0 saturated carbocycles. The van der Waals surface area contributed by atoms with Gasteiger partial charge < -0.3 is 10.6 Å². The molecular formula is C20H17N5O2. The Bertz CT molecular complexity index is 1150. The minimum atomic E-state index is -0.744. The zero-order valence-electron chi connectivity index (χ0n) is 14.6. The molecule has 0 aliphatic carbocycles. The number of hydrogen-bond acceptors (Lipinski definition) is 4. The van der Waals surface area contributed by atoms with Crippen LogP contribution in [0.3, 0.4) is 0 Å². The molecule has 7 nitrogen and oxygen atoms in total. The number of nitrogens with zero attached hydrogens (tertiary/aromatic N) is 2. The maximum absolute atomic E-state index is 12.5. The minimum absolute atomic E-state index is 0.261. The monoisotopic (exact) mass is 359 g/mol. The first-order valence-electron chi connectivity index (χ1n) is 8.51. The quantitative estimate of drug-likeness (QED) is 0.522. The van der Waals surface area contributed by atoms with Crippen LogP contribution in [0, 0.1) is 0 Å². The highest BCUT2D eigenvalue weighted by atomic mass is 16.2. The number of aromatic amines is 1. The molecule has 0 saturated heterocycles. The van der Waals surface area contributed by atoms with Crippen LogP contribution in [0.4, 0.5) is 5.69 Å². The molecular weight excluding hydrogens is 342 g/mol. The van der Waals surface area contributed by atoms with Gasteiger partial charge in [-0.25, -0.2) is 0 Å². The van der Waals surface area contributed by atoms with Crippen molar-refractivity contribution in [3.8, 4) is 0 Å². The van der Waals surface area contributed by atoms with E-state index in [9.17, 15) is 9.59 Å². The normalized spacial score (nSPS) is 12.0. The fourth-order valence-corrected chi connectivity index (χ4v) is 2.92. The summed E-state index contributed by atoms with van der Waals surface area (Å²) in [5, 5.41) is 14.9. The Hall–Kier alpha value is -3.74. The highest BCUT2D eigenvalue weighted by molar-refractivity contribution is 6.08. The molecule has 134 valence electrons. The average Bonchev–Trinajstić information content (AvgIpc) is 3.12. The molecule has 4 rings (SSSR count). The molecule has 2 amide bonds. The Kier molecular flexibility index (Phi) is 4.25. The Labute approximate surface area is 154 Å². The van der Waals surface area contributed by atoms with Gasteiger partial charge in [0.15, 0.2) is 5.69 Å². The summed E-state index contributed by atoms with van der Waals surface area (Å²) in [6.07, 6.45) is 3.33. The number of carbonyl (C=O) groups excluding carboxylic acids is 2. The lowest BCUT2D eigenvalue weighted by atomic mass is 10.1. The summed E-state index contributed by atoms with van der Waals surface area (Å²) in [4.78, 5) is 29.2. The first-order valence-corrected chi connectivity index (χ1v) is 8.51. The first kappa shape index (κ1) is 16.7. The summed E-state index contributed by atoms with van der Waals surface area (Å²) in [6, 6.07) is 14.2. The van der Waals surface area contributed by atoms with Gasteiger partial charge in [-0.2, -0.15) is 5.10 Å². The fourth-order valence-electron chi connectivity index (χ4n) is 2.92. The van der Waals surface area contributed by atoms with Crippen LogP contribution in [0.2, 0.25) is 0 Å². The molecule has 0 aliphatic rings. The van der Waals surface area contributed by atoms with Crippen molar-refractivity contribution in [1.82, 2.24) is 20.5 Å². The van der Waals surface area contributed by atoms with Crippen molar-refractivity contribution < 1.29 is 9.59 Å². The number of benzene rings is 2. The molecule has 3 N–H and O–H groups in total. The second-order valence-corrected chi connectivity index (χ2v) is 6.21. The summed E-state index contributed by atoms with van der Waals surface area (Å²) < 4.78 is 0. The molecule has 7 heteroatoms. The van der Waals surface area contributed by atoms with E-state index in [4.69, 9.17) is 0 Å². The molecule has 2 aromatic heterocycles. The van der Waals surface area contributed by atoms with E-state index in [0.29, 0.717) is 11.1 Å². The van der Waals surface area contributed by atoms with E-state index in [-0.39, 0.29) is 11.6 Å². The van der Waals surface area contributed by atoms with Gasteiger partial charge in [-0.05, 0) is 13.0 Å². The summed E-state index contributed by atoms with van der Waals surface area (Å²) in [5.74, 6) is -0.743. The summed E-state index contributed by atoms with van der Waals surface area (Å²) >= 11 is 0. The summed E-state index contributed by atoms with van der Waals surface area (Å²) in [7, 11) is 0. The Morgan fingerprint density at radius 2 is 1.74 bits per heavy atom. The zero-order valence-corrected chi connectivity index (χ0v) is 14.6. The number of para-hydroxylation sites is 1. The SMILES string of the molecule is CC(NC(=O)c1n[nH]c2ccccc12)C(=O)Nc1cncc2ccccc12. The lowest BCUT2D eigenvalue weighted by molar-refractivity contribution is -0.117. The number of fused-ring (bicyclic) bond motifs is 2. The van der Waals surface area contributed by atoms with Gasteiger partial charge >= 0.3 is 0 Å². The summed E-state index contributed by atoms with van der Waals surface area (Å²) in [6.45, 7) is 1.63. The van der Waals surface area contributed by atoms with Gasteiger partial charge in [0.2, 0.25) is 5.91 Å². The molecule has 0 radical (unpaired) electrons. The van der Waals surface area contributed by atoms with E-state index < -0.39 is 11.9 Å². The molecule has 1 unspecified atom stereocenters. The van der Waals surface area contributed by atoms with Crippen LogP contribution < -0.4 is 10.6 Å². The van der Waals surface area contributed by atoms with Crippen molar-refractivity contribution >= 4 is 39.2 Å². The van der Waals surface area contributed by atoms with Crippen LogP contribution in [0.15, 0.2) is 60.9 Å².